The molecule has 0 heterocycles. The fourth-order valence-electron chi connectivity index (χ4n) is 2.20. The molecule has 136 valence electrons. The summed E-state index contributed by atoms with van der Waals surface area (Å²) in [5, 5.41) is 17.3. The molecule has 2 aromatic carbocycles. The van der Waals surface area contributed by atoms with E-state index in [-0.39, 0.29) is 24.0 Å². The summed E-state index contributed by atoms with van der Waals surface area (Å²) in [7, 11) is 0. The zero-order valence-corrected chi connectivity index (χ0v) is 17.6. The van der Waals surface area contributed by atoms with Crippen molar-refractivity contribution in [3.05, 3.63) is 70.2 Å². The van der Waals surface area contributed by atoms with E-state index in [1.807, 2.05) is 19.1 Å². The van der Waals surface area contributed by atoms with E-state index < -0.39 is 6.10 Å². The summed E-state index contributed by atoms with van der Waals surface area (Å²) >= 11 is 5.87. The van der Waals surface area contributed by atoms with Gasteiger partial charge in [0, 0.05) is 18.1 Å². The van der Waals surface area contributed by atoms with E-state index in [0.717, 1.165) is 17.7 Å². The number of hydrogen-bond donors (Lipinski definition) is 3. The summed E-state index contributed by atoms with van der Waals surface area (Å²) in [6.45, 7) is 5.81. The summed E-state index contributed by atoms with van der Waals surface area (Å²) < 4.78 is 0. The minimum Gasteiger partial charge on any atom is -0.387 e. The van der Waals surface area contributed by atoms with Crippen LogP contribution in [0.3, 0.4) is 0 Å². The predicted octanol–water partition coefficient (Wildman–Crippen LogP) is 4.06. The molecule has 0 aliphatic heterocycles. The number of aliphatic imine (C=N–C) groups is 1. The quantitative estimate of drug-likeness (QED) is 0.337. The Kier molecular flexibility index (Phi) is 9.85. The van der Waals surface area contributed by atoms with Crippen LogP contribution in [-0.2, 0) is 6.54 Å². The van der Waals surface area contributed by atoms with Gasteiger partial charge in [0.15, 0.2) is 5.96 Å². The second-order valence-electron chi connectivity index (χ2n) is 5.63. The molecule has 0 bridgehead atoms. The SMILES string of the molecule is CCNC(=NCc1ccc(C)cc1)NCC(O)c1ccc(Cl)cc1.I. The standard InChI is InChI=1S/C19H24ClN3O.HI/c1-3-21-19(22-12-15-6-4-14(2)5-7-15)23-13-18(24)16-8-10-17(20)11-9-16;/h4-11,18,24H,3,12-13H2,1-2H3,(H2,21,22,23);1H. The van der Waals surface area contributed by atoms with Gasteiger partial charge in [-0.1, -0.05) is 53.6 Å². The van der Waals surface area contributed by atoms with Crippen LogP contribution in [-0.4, -0.2) is 24.2 Å². The van der Waals surface area contributed by atoms with Gasteiger partial charge in [0.1, 0.15) is 0 Å². The van der Waals surface area contributed by atoms with Crippen molar-refractivity contribution in [3.63, 3.8) is 0 Å². The van der Waals surface area contributed by atoms with E-state index in [0.29, 0.717) is 24.1 Å². The lowest BCUT2D eigenvalue weighted by Crippen LogP contribution is -2.39. The zero-order valence-electron chi connectivity index (χ0n) is 14.5. The number of benzene rings is 2. The van der Waals surface area contributed by atoms with Crippen molar-refractivity contribution in [3.8, 4) is 0 Å². The number of halogens is 2. The first-order valence-corrected chi connectivity index (χ1v) is 8.47. The molecule has 0 saturated heterocycles. The number of aliphatic hydroxyl groups excluding tert-OH is 1. The summed E-state index contributed by atoms with van der Waals surface area (Å²) in [6, 6.07) is 15.5. The number of guanidine groups is 1. The number of nitrogens with zero attached hydrogens (tertiary/aromatic N) is 1. The van der Waals surface area contributed by atoms with Crippen LogP contribution < -0.4 is 10.6 Å². The normalized spacial score (nSPS) is 12.2. The van der Waals surface area contributed by atoms with Gasteiger partial charge >= 0.3 is 0 Å². The molecule has 0 saturated carbocycles. The van der Waals surface area contributed by atoms with Gasteiger partial charge in [0.25, 0.3) is 0 Å². The maximum Gasteiger partial charge on any atom is 0.191 e. The van der Waals surface area contributed by atoms with Gasteiger partial charge in [0.2, 0.25) is 0 Å². The van der Waals surface area contributed by atoms with Crippen molar-refractivity contribution in [1.29, 1.82) is 0 Å². The lowest BCUT2D eigenvalue weighted by atomic mass is 10.1. The van der Waals surface area contributed by atoms with Gasteiger partial charge in [0.05, 0.1) is 12.6 Å². The third kappa shape index (κ3) is 7.63. The molecule has 0 aliphatic rings. The van der Waals surface area contributed by atoms with Crippen LogP contribution in [0, 0.1) is 6.92 Å². The predicted molar refractivity (Wildman–Crippen MR) is 116 cm³/mol. The second kappa shape index (κ2) is 11.3. The van der Waals surface area contributed by atoms with Crippen LogP contribution in [0.2, 0.25) is 5.02 Å². The Morgan fingerprint density at radius 1 is 1.08 bits per heavy atom. The second-order valence-corrected chi connectivity index (χ2v) is 6.07. The fraction of sp³-hybridized carbons (Fsp3) is 0.316. The average Bonchev–Trinajstić information content (AvgIpc) is 2.59. The molecule has 2 rings (SSSR count). The minimum atomic E-state index is -0.620. The Morgan fingerprint density at radius 2 is 1.72 bits per heavy atom. The third-order valence-corrected chi connectivity index (χ3v) is 3.85. The molecule has 1 atom stereocenters. The Balaban J connectivity index is 0.00000312. The number of rotatable bonds is 6. The first-order valence-electron chi connectivity index (χ1n) is 8.09. The molecule has 0 fully saturated rings. The topological polar surface area (TPSA) is 56.7 Å². The fourth-order valence-corrected chi connectivity index (χ4v) is 2.33. The van der Waals surface area contributed by atoms with Crippen molar-refractivity contribution in [2.45, 2.75) is 26.5 Å². The van der Waals surface area contributed by atoms with Gasteiger partial charge in [-0.2, -0.15) is 0 Å². The summed E-state index contributed by atoms with van der Waals surface area (Å²) in [5.41, 5.74) is 3.20. The van der Waals surface area contributed by atoms with Gasteiger partial charge in [-0.3, -0.25) is 0 Å². The Bertz CT molecular complexity index is 659. The molecule has 1 unspecified atom stereocenters. The van der Waals surface area contributed by atoms with Gasteiger partial charge in [-0.15, -0.1) is 24.0 Å². The lowest BCUT2D eigenvalue weighted by Gasteiger charge is -2.15. The molecule has 0 aromatic heterocycles. The van der Waals surface area contributed by atoms with Crippen molar-refractivity contribution >= 4 is 41.5 Å². The zero-order chi connectivity index (χ0) is 17.4. The molecule has 0 aliphatic carbocycles. The molecular weight excluding hydrogens is 449 g/mol. The van der Waals surface area contributed by atoms with E-state index in [4.69, 9.17) is 11.6 Å². The van der Waals surface area contributed by atoms with Crippen LogP contribution >= 0.6 is 35.6 Å². The third-order valence-electron chi connectivity index (χ3n) is 3.60. The Morgan fingerprint density at radius 3 is 2.32 bits per heavy atom. The Labute approximate surface area is 171 Å². The number of nitrogens with one attached hydrogen (secondary N) is 2. The molecule has 25 heavy (non-hydrogen) atoms. The highest BCUT2D eigenvalue weighted by atomic mass is 127. The van der Waals surface area contributed by atoms with Crippen LogP contribution in [0.5, 0.6) is 0 Å². The molecule has 0 amide bonds. The summed E-state index contributed by atoms with van der Waals surface area (Å²) in [6.07, 6.45) is -0.620. The molecule has 2 aromatic rings. The highest BCUT2D eigenvalue weighted by molar-refractivity contribution is 14.0. The van der Waals surface area contributed by atoms with Crippen LogP contribution in [0.1, 0.15) is 29.7 Å². The first-order chi connectivity index (χ1) is 11.6. The smallest absolute Gasteiger partial charge is 0.191 e. The number of aryl methyl sites for hydroxylation is 1. The average molecular weight is 474 g/mol. The minimum absolute atomic E-state index is 0. The first kappa shape index (κ1) is 21.7. The summed E-state index contributed by atoms with van der Waals surface area (Å²) in [5.74, 6) is 0.686. The molecule has 4 nitrogen and oxygen atoms in total. The Hall–Kier alpha value is -1.31. The molecule has 0 spiro atoms. The monoisotopic (exact) mass is 473 g/mol. The lowest BCUT2D eigenvalue weighted by molar-refractivity contribution is 0.181. The van der Waals surface area contributed by atoms with Gasteiger partial charge < -0.3 is 15.7 Å². The van der Waals surface area contributed by atoms with Crippen molar-refractivity contribution in [2.24, 2.45) is 4.99 Å². The highest BCUT2D eigenvalue weighted by Gasteiger charge is 2.08. The van der Waals surface area contributed by atoms with E-state index in [2.05, 4.69) is 46.8 Å². The van der Waals surface area contributed by atoms with Crippen molar-refractivity contribution < 1.29 is 5.11 Å². The van der Waals surface area contributed by atoms with Gasteiger partial charge in [-0.25, -0.2) is 4.99 Å². The molecular formula is C19H25ClIN3O. The van der Waals surface area contributed by atoms with Crippen molar-refractivity contribution in [1.82, 2.24) is 10.6 Å². The molecule has 3 N–H and O–H groups in total. The summed E-state index contributed by atoms with van der Waals surface area (Å²) in [4.78, 5) is 4.56. The van der Waals surface area contributed by atoms with Crippen LogP contribution in [0.25, 0.3) is 0 Å². The van der Waals surface area contributed by atoms with Crippen LogP contribution in [0.4, 0.5) is 0 Å². The van der Waals surface area contributed by atoms with E-state index in [1.54, 1.807) is 12.1 Å². The maximum atomic E-state index is 10.3. The van der Waals surface area contributed by atoms with Crippen LogP contribution in [0.15, 0.2) is 53.5 Å². The highest BCUT2D eigenvalue weighted by Crippen LogP contribution is 2.15. The number of aliphatic hydroxyl groups is 1. The number of hydrogen-bond acceptors (Lipinski definition) is 2. The van der Waals surface area contributed by atoms with E-state index in [1.165, 1.54) is 5.56 Å². The van der Waals surface area contributed by atoms with Crippen molar-refractivity contribution in [2.75, 3.05) is 13.1 Å². The molecule has 0 radical (unpaired) electrons. The molecule has 6 heteroatoms. The van der Waals surface area contributed by atoms with E-state index >= 15 is 0 Å². The largest absolute Gasteiger partial charge is 0.387 e. The van der Waals surface area contributed by atoms with E-state index in [9.17, 15) is 5.11 Å². The maximum absolute atomic E-state index is 10.3. The van der Waals surface area contributed by atoms with Gasteiger partial charge in [-0.05, 0) is 37.1 Å².